The second kappa shape index (κ2) is 10.4. The molecular weight excluding hydrogens is 462 g/mol. The summed E-state index contributed by atoms with van der Waals surface area (Å²) in [5.41, 5.74) is 8.29. The maximum absolute atomic E-state index is 13.0. The van der Waals surface area contributed by atoms with Gasteiger partial charge in [-0.05, 0) is 74.5 Å². The minimum Gasteiger partial charge on any atom is -0.378 e. The molecule has 9 nitrogen and oxygen atoms in total. The summed E-state index contributed by atoms with van der Waals surface area (Å²) in [4.78, 5) is 38.2. The molecule has 1 amide bonds. The zero-order valence-corrected chi connectivity index (χ0v) is 21.3. The number of nitrogens with zero attached hydrogens (tertiary/aromatic N) is 5. The Morgan fingerprint density at radius 1 is 1.26 bits per heavy atom. The highest BCUT2D eigenvalue weighted by Gasteiger charge is 2.31. The Hall–Kier alpha value is -3.53. The van der Waals surface area contributed by atoms with E-state index in [1.165, 1.54) is 11.5 Å². The topological polar surface area (TPSA) is 117 Å². The monoisotopic (exact) mass is 493 g/mol. The number of primary amides is 1. The van der Waals surface area contributed by atoms with Crippen LogP contribution in [-0.4, -0.2) is 52.7 Å². The number of nitrogens with two attached hydrogens (primary N) is 1. The third-order valence-corrected chi connectivity index (χ3v) is 7.25. The fourth-order valence-corrected chi connectivity index (χ4v) is 5.11. The molecule has 3 N–H and O–H groups in total. The molecule has 0 saturated carbocycles. The fraction of sp³-hybridized carbons (Fsp3) is 0.400. The molecule has 0 spiro atoms. The average molecular weight is 494 g/mol. The van der Waals surface area contributed by atoms with Gasteiger partial charge in [-0.25, -0.2) is 9.97 Å². The molecule has 3 aromatic rings. The van der Waals surface area contributed by atoms with Crippen LogP contribution in [0.5, 0.6) is 0 Å². The van der Waals surface area contributed by atoms with Gasteiger partial charge in [0.05, 0.1) is 11.9 Å². The van der Waals surface area contributed by atoms with Crippen molar-refractivity contribution in [1.82, 2.24) is 14.3 Å². The molecule has 3 heterocycles. The molecule has 0 unspecified atom stereocenters. The normalized spacial score (nSPS) is 17.8. The Labute approximate surface area is 209 Å². The number of carbonyl (C=O) groups is 2. The molecule has 1 aliphatic rings. The van der Waals surface area contributed by atoms with Crippen LogP contribution in [0.1, 0.15) is 52.7 Å². The first kappa shape index (κ1) is 24.6. The second-order valence-electron chi connectivity index (χ2n) is 9.15. The molecule has 1 aromatic carbocycles. The molecule has 0 aliphatic carbocycles. The van der Waals surface area contributed by atoms with Crippen LogP contribution in [0.25, 0.3) is 0 Å². The number of hydrogen-bond acceptors (Lipinski definition) is 9. The zero-order chi connectivity index (χ0) is 25.1. The standard InChI is InChI=1S/C25H31N7O2S/c1-15-12-22(35-30-15)29-25-23(24(26)34)27-14-21(28-25)32-11-5-6-18(16(32)2)13-20(33)17-7-9-19(10-8-17)31(3)4/h7-10,12,14,16,18H,5-6,11,13H2,1-4H3,(H2,26,34)(H,28,29)/t16-,18+/m1/s1. The summed E-state index contributed by atoms with van der Waals surface area (Å²) in [7, 11) is 3.96. The summed E-state index contributed by atoms with van der Waals surface area (Å²) in [5, 5.41) is 3.90. The van der Waals surface area contributed by atoms with Crippen LogP contribution in [0.2, 0.25) is 0 Å². The van der Waals surface area contributed by atoms with Crippen LogP contribution in [0, 0.1) is 12.8 Å². The molecule has 0 bridgehead atoms. The number of piperidine rings is 1. The van der Waals surface area contributed by atoms with E-state index < -0.39 is 5.91 Å². The Kier molecular flexibility index (Phi) is 7.30. The summed E-state index contributed by atoms with van der Waals surface area (Å²) in [6, 6.07) is 9.70. The predicted octanol–water partition coefficient (Wildman–Crippen LogP) is 4.03. The largest absolute Gasteiger partial charge is 0.378 e. The Morgan fingerprint density at radius 2 is 2.00 bits per heavy atom. The van der Waals surface area contributed by atoms with Crippen LogP contribution in [0.15, 0.2) is 36.5 Å². The lowest BCUT2D eigenvalue weighted by Gasteiger charge is -2.40. The number of anilines is 4. The van der Waals surface area contributed by atoms with Crippen molar-refractivity contribution in [2.24, 2.45) is 11.7 Å². The number of amides is 1. The highest BCUT2D eigenvalue weighted by Crippen LogP contribution is 2.32. The van der Waals surface area contributed by atoms with E-state index in [9.17, 15) is 9.59 Å². The number of rotatable bonds is 8. The fourth-order valence-electron chi connectivity index (χ4n) is 4.45. The van der Waals surface area contributed by atoms with E-state index in [1.807, 2.05) is 56.3 Å². The Bertz CT molecular complexity index is 1210. The van der Waals surface area contributed by atoms with Crippen molar-refractivity contribution in [2.75, 3.05) is 35.8 Å². The van der Waals surface area contributed by atoms with Crippen LogP contribution in [-0.2, 0) is 0 Å². The maximum atomic E-state index is 13.0. The number of benzene rings is 1. The zero-order valence-electron chi connectivity index (χ0n) is 20.5. The van der Waals surface area contributed by atoms with Gasteiger partial charge in [0.15, 0.2) is 17.3 Å². The minimum atomic E-state index is -0.650. The van der Waals surface area contributed by atoms with Gasteiger partial charge >= 0.3 is 0 Å². The lowest BCUT2D eigenvalue weighted by Crippen LogP contribution is -2.44. The van der Waals surface area contributed by atoms with Gasteiger partial charge in [-0.15, -0.1) is 0 Å². The van der Waals surface area contributed by atoms with Crippen molar-refractivity contribution in [3.8, 4) is 0 Å². The summed E-state index contributed by atoms with van der Waals surface area (Å²) in [5.74, 6) is 0.641. The summed E-state index contributed by atoms with van der Waals surface area (Å²) >= 11 is 1.28. The van der Waals surface area contributed by atoms with Crippen LogP contribution in [0.3, 0.4) is 0 Å². The van der Waals surface area contributed by atoms with E-state index in [4.69, 9.17) is 10.7 Å². The first-order chi connectivity index (χ1) is 16.7. The number of carbonyl (C=O) groups excluding carboxylic acids is 2. The van der Waals surface area contributed by atoms with Gasteiger partial charge in [0, 0.05) is 44.4 Å². The minimum absolute atomic E-state index is 0.0809. The highest BCUT2D eigenvalue weighted by atomic mass is 32.1. The van der Waals surface area contributed by atoms with Crippen LogP contribution in [0.4, 0.5) is 22.3 Å². The first-order valence-corrected chi connectivity index (χ1v) is 12.4. The van der Waals surface area contributed by atoms with E-state index in [-0.39, 0.29) is 23.4 Å². The highest BCUT2D eigenvalue weighted by molar-refractivity contribution is 7.10. The summed E-state index contributed by atoms with van der Waals surface area (Å²) < 4.78 is 4.26. The lowest BCUT2D eigenvalue weighted by molar-refractivity contribution is 0.0944. The molecule has 2 aromatic heterocycles. The van der Waals surface area contributed by atoms with Gasteiger partial charge in [-0.2, -0.15) is 4.37 Å². The summed E-state index contributed by atoms with van der Waals surface area (Å²) in [6.07, 6.45) is 3.97. The van der Waals surface area contributed by atoms with E-state index in [2.05, 4.69) is 26.5 Å². The van der Waals surface area contributed by atoms with E-state index in [0.29, 0.717) is 18.1 Å². The average Bonchev–Trinajstić information content (AvgIpc) is 3.24. The van der Waals surface area contributed by atoms with Crippen molar-refractivity contribution in [2.45, 2.75) is 39.2 Å². The third-order valence-electron chi connectivity index (χ3n) is 6.46. The SMILES string of the molecule is Cc1cc(Nc2nc(N3CCC[C@@H](CC(=O)c4ccc(N(C)C)cc4)[C@H]3C)cnc2C(N)=O)sn1. The molecular formula is C25H31N7O2S. The quantitative estimate of drug-likeness (QED) is 0.452. The van der Waals surface area contributed by atoms with Crippen LogP contribution >= 0.6 is 11.5 Å². The summed E-state index contributed by atoms with van der Waals surface area (Å²) in [6.45, 7) is 4.81. The van der Waals surface area contributed by atoms with Crippen molar-refractivity contribution in [1.29, 1.82) is 0 Å². The van der Waals surface area contributed by atoms with Gasteiger partial charge in [0.25, 0.3) is 5.91 Å². The molecule has 1 aliphatic heterocycles. The van der Waals surface area contributed by atoms with E-state index in [1.54, 1.807) is 6.20 Å². The Balaban J connectivity index is 1.52. The molecule has 10 heteroatoms. The molecule has 0 radical (unpaired) electrons. The van der Waals surface area contributed by atoms with Crippen molar-refractivity contribution in [3.63, 3.8) is 0 Å². The van der Waals surface area contributed by atoms with Gasteiger partial charge in [-0.1, -0.05) is 0 Å². The van der Waals surface area contributed by atoms with Crippen molar-refractivity contribution < 1.29 is 9.59 Å². The van der Waals surface area contributed by atoms with Gasteiger partial charge in [-0.3, -0.25) is 9.59 Å². The number of nitrogens with one attached hydrogen (secondary N) is 1. The smallest absolute Gasteiger partial charge is 0.271 e. The lowest BCUT2D eigenvalue weighted by atomic mass is 9.85. The molecule has 1 fully saturated rings. The molecule has 1 saturated heterocycles. The molecule has 2 atom stereocenters. The number of aryl methyl sites for hydroxylation is 1. The predicted molar refractivity (Wildman–Crippen MR) is 140 cm³/mol. The van der Waals surface area contributed by atoms with Crippen molar-refractivity contribution in [3.05, 3.63) is 53.5 Å². The van der Waals surface area contributed by atoms with Gasteiger partial charge < -0.3 is 20.9 Å². The number of Topliss-reactive ketones (excluding diaryl/α,β-unsaturated/α-hetero) is 1. The third kappa shape index (κ3) is 5.59. The van der Waals surface area contributed by atoms with E-state index >= 15 is 0 Å². The number of hydrogen-bond donors (Lipinski definition) is 2. The molecule has 35 heavy (non-hydrogen) atoms. The van der Waals surface area contributed by atoms with Crippen molar-refractivity contribution >= 4 is 45.5 Å². The van der Waals surface area contributed by atoms with Gasteiger partial charge in [0.1, 0.15) is 10.8 Å². The molecule has 184 valence electrons. The van der Waals surface area contributed by atoms with Crippen LogP contribution < -0.4 is 20.9 Å². The second-order valence-corrected chi connectivity index (χ2v) is 9.96. The first-order valence-electron chi connectivity index (χ1n) is 11.7. The maximum Gasteiger partial charge on any atom is 0.271 e. The number of ketones is 1. The Morgan fingerprint density at radius 3 is 2.63 bits per heavy atom. The number of aromatic nitrogens is 3. The molecule has 4 rings (SSSR count). The van der Waals surface area contributed by atoms with E-state index in [0.717, 1.165) is 41.3 Å². The van der Waals surface area contributed by atoms with Gasteiger partial charge in [0.2, 0.25) is 0 Å².